The SMILES string of the molecule is O=Cc1ccc(N2CCOCC2=O)c(C(F)(F)F)c1. The van der Waals surface area contributed by atoms with E-state index in [1.54, 1.807) is 0 Å². The average molecular weight is 273 g/mol. The molecule has 4 nitrogen and oxygen atoms in total. The molecule has 19 heavy (non-hydrogen) atoms. The predicted molar refractivity (Wildman–Crippen MR) is 60.0 cm³/mol. The Kier molecular flexibility index (Phi) is 3.57. The van der Waals surface area contributed by atoms with Gasteiger partial charge in [0, 0.05) is 12.1 Å². The number of hydrogen-bond donors (Lipinski definition) is 0. The van der Waals surface area contributed by atoms with Gasteiger partial charge in [-0.1, -0.05) is 0 Å². The highest BCUT2D eigenvalue weighted by Gasteiger charge is 2.36. The lowest BCUT2D eigenvalue weighted by molar-refractivity contribution is -0.137. The van der Waals surface area contributed by atoms with Crippen molar-refractivity contribution in [1.29, 1.82) is 0 Å². The number of halogens is 3. The molecule has 1 aliphatic heterocycles. The summed E-state index contributed by atoms with van der Waals surface area (Å²) in [5.41, 5.74) is -1.32. The second kappa shape index (κ2) is 5.00. The number of rotatable bonds is 2. The van der Waals surface area contributed by atoms with Crippen molar-refractivity contribution in [3.05, 3.63) is 29.3 Å². The molecule has 1 aliphatic rings. The fourth-order valence-electron chi connectivity index (χ4n) is 1.86. The lowest BCUT2D eigenvalue weighted by Crippen LogP contribution is -2.42. The molecule has 0 bridgehead atoms. The zero-order chi connectivity index (χ0) is 14.0. The van der Waals surface area contributed by atoms with Crippen LogP contribution in [-0.2, 0) is 15.7 Å². The molecule has 0 aromatic heterocycles. The molecule has 0 atom stereocenters. The molecule has 1 fully saturated rings. The third-order valence-electron chi connectivity index (χ3n) is 2.74. The Morgan fingerprint density at radius 3 is 2.63 bits per heavy atom. The Hall–Kier alpha value is -1.89. The number of hydrogen-bond acceptors (Lipinski definition) is 3. The topological polar surface area (TPSA) is 46.6 Å². The van der Waals surface area contributed by atoms with Crippen molar-refractivity contribution < 1.29 is 27.5 Å². The summed E-state index contributed by atoms with van der Waals surface area (Å²) in [4.78, 5) is 23.2. The fourth-order valence-corrected chi connectivity index (χ4v) is 1.86. The smallest absolute Gasteiger partial charge is 0.370 e. The minimum Gasteiger partial charge on any atom is -0.370 e. The number of nitrogens with zero attached hydrogens (tertiary/aromatic N) is 1. The van der Waals surface area contributed by atoms with Crippen LogP contribution in [0.3, 0.4) is 0 Å². The number of alkyl halides is 3. The molecule has 1 heterocycles. The number of ether oxygens (including phenoxy) is 1. The predicted octanol–water partition coefficient (Wildman–Crippen LogP) is 1.88. The summed E-state index contributed by atoms with van der Waals surface area (Å²) in [5.74, 6) is -0.532. The van der Waals surface area contributed by atoms with Crippen LogP contribution in [0.15, 0.2) is 18.2 Å². The quantitative estimate of drug-likeness (QED) is 0.773. The molecule has 0 N–H and O–H groups in total. The van der Waals surface area contributed by atoms with E-state index in [2.05, 4.69) is 0 Å². The third kappa shape index (κ3) is 2.76. The Labute approximate surface area is 106 Å². The lowest BCUT2D eigenvalue weighted by Gasteiger charge is -2.29. The van der Waals surface area contributed by atoms with E-state index in [0.29, 0.717) is 6.29 Å². The van der Waals surface area contributed by atoms with Gasteiger partial charge in [-0.15, -0.1) is 0 Å². The van der Waals surface area contributed by atoms with Gasteiger partial charge in [-0.3, -0.25) is 9.59 Å². The van der Waals surface area contributed by atoms with Crippen molar-refractivity contribution in [3.63, 3.8) is 0 Å². The van der Waals surface area contributed by atoms with E-state index in [-0.39, 0.29) is 31.0 Å². The van der Waals surface area contributed by atoms with E-state index >= 15 is 0 Å². The van der Waals surface area contributed by atoms with Gasteiger partial charge in [0.2, 0.25) is 0 Å². The number of benzene rings is 1. The number of carbonyl (C=O) groups excluding carboxylic acids is 2. The van der Waals surface area contributed by atoms with Crippen LogP contribution in [0.5, 0.6) is 0 Å². The van der Waals surface area contributed by atoms with E-state index < -0.39 is 17.6 Å². The first-order valence-electron chi connectivity index (χ1n) is 5.48. The number of carbonyl (C=O) groups is 2. The van der Waals surface area contributed by atoms with Crippen molar-refractivity contribution in [2.75, 3.05) is 24.7 Å². The first-order valence-corrected chi connectivity index (χ1v) is 5.48. The van der Waals surface area contributed by atoms with Gasteiger partial charge in [-0.05, 0) is 18.2 Å². The zero-order valence-electron chi connectivity index (χ0n) is 9.74. The summed E-state index contributed by atoms with van der Waals surface area (Å²) in [6.45, 7) is -0.00640. The molecule has 2 rings (SSSR count). The van der Waals surface area contributed by atoms with Crippen LogP contribution in [0.1, 0.15) is 15.9 Å². The van der Waals surface area contributed by atoms with Crippen molar-refractivity contribution >= 4 is 17.9 Å². The molecule has 0 aliphatic carbocycles. The minimum absolute atomic E-state index is 0.0579. The Bertz CT molecular complexity index is 513. The van der Waals surface area contributed by atoms with Crippen LogP contribution >= 0.6 is 0 Å². The number of aldehydes is 1. The van der Waals surface area contributed by atoms with Gasteiger partial charge >= 0.3 is 6.18 Å². The minimum atomic E-state index is -4.63. The van der Waals surface area contributed by atoms with Crippen LogP contribution in [0.4, 0.5) is 18.9 Å². The molecule has 102 valence electrons. The molecular formula is C12H10F3NO3. The number of morpholine rings is 1. The third-order valence-corrected chi connectivity index (χ3v) is 2.74. The van der Waals surface area contributed by atoms with Crippen LogP contribution < -0.4 is 4.90 Å². The van der Waals surface area contributed by atoms with Gasteiger partial charge < -0.3 is 9.64 Å². The molecule has 0 spiro atoms. The molecule has 1 aromatic rings. The molecule has 1 amide bonds. The van der Waals surface area contributed by atoms with Crippen molar-refractivity contribution in [3.8, 4) is 0 Å². The Morgan fingerprint density at radius 1 is 1.32 bits per heavy atom. The molecule has 1 saturated heterocycles. The average Bonchev–Trinajstić information content (AvgIpc) is 2.38. The fraction of sp³-hybridized carbons (Fsp3) is 0.333. The Morgan fingerprint density at radius 2 is 2.05 bits per heavy atom. The summed E-state index contributed by atoms with van der Waals surface area (Å²) >= 11 is 0. The highest BCUT2D eigenvalue weighted by atomic mass is 19.4. The van der Waals surface area contributed by atoms with Gasteiger partial charge in [0.1, 0.15) is 12.9 Å². The van der Waals surface area contributed by atoms with Crippen LogP contribution in [-0.4, -0.2) is 32.0 Å². The maximum atomic E-state index is 13.0. The highest BCUT2D eigenvalue weighted by molar-refractivity contribution is 5.96. The normalized spacial score (nSPS) is 16.6. The van der Waals surface area contributed by atoms with Crippen molar-refractivity contribution in [1.82, 2.24) is 0 Å². The van der Waals surface area contributed by atoms with Gasteiger partial charge in [-0.25, -0.2) is 0 Å². The standard InChI is InChI=1S/C12H10F3NO3/c13-12(14,15)9-5-8(6-17)1-2-10(9)16-3-4-19-7-11(16)18/h1-2,5-6H,3-4,7H2. The lowest BCUT2D eigenvalue weighted by atomic mass is 10.1. The number of anilines is 1. The van der Waals surface area contributed by atoms with E-state index in [1.807, 2.05) is 0 Å². The van der Waals surface area contributed by atoms with Crippen molar-refractivity contribution in [2.45, 2.75) is 6.18 Å². The molecule has 0 saturated carbocycles. The molecule has 0 radical (unpaired) electrons. The van der Waals surface area contributed by atoms with Gasteiger partial charge in [-0.2, -0.15) is 13.2 Å². The molecular weight excluding hydrogens is 263 g/mol. The van der Waals surface area contributed by atoms with E-state index in [4.69, 9.17) is 4.74 Å². The van der Waals surface area contributed by atoms with Crippen molar-refractivity contribution in [2.24, 2.45) is 0 Å². The monoisotopic (exact) mass is 273 g/mol. The molecule has 1 aromatic carbocycles. The van der Waals surface area contributed by atoms with Crippen LogP contribution in [0.25, 0.3) is 0 Å². The summed E-state index contributed by atoms with van der Waals surface area (Å²) < 4.78 is 43.8. The van der Waals surface area contributed by atoms with Crippen LogP contribution in [0, 0.1) is 0 Å². The van der Waals surface area contributed by atoms with Crippen LogP contribution in [0.2, 0.25) is 0 Å². The zero-order valence-corrected chi connectivity index (χ0v) is 9.74. The highest BCUT2D eigenvalue weighted by Crippen LogP contribution is 2.37. The Balaban J connectivity index is 2.49. The largest absolute Gasteiger partial charge is 0.418 e. The first-order chi connectivity index (χ1) is 8.93. The molecule has 7 heteroatoms. The second-order valence-corrected chi connectivity index (χ2v) is 3.99. The second-order valence-electron chi connectivity index (χ2n) is 3.99. The summed E-state index contributed by atoms with van der Waals surface area (Å²) in [6.07, 6.45) is -4.30. The summed E-state index contributed by atoms with van der Waals surface area (Å²) in [5, 5.41) is 0. The number of amides is 1. The summed E-state index contributed by atoms with van der Waals surface area (Å²) in [7, 11) is 0. The molecule has 0 unspecified atom stereocenters. The van der Waals surface area contributed by atoms with E-state index in [0.717, 1.165) is 17.0 Å². The van der Waals surface area contributed by atoms with Gasteiger partial charge in [0.05, 0.1) is 17.9 Å². The van der Waals surface area contributed by atoms with Gasteiger partial charge in [0.25, 0.3) is 5.91 Å². The van der Waals surface area contributed by atoms with E-state index in [9.17, 15) is 22.8 Å². The first kappa shape index (κ1) is 13.5. The summed E-state index contributed by atoms with van der Waals surface area (Å²) in [6, 6.07) is 3.13. The van der Waals surface area contributed by atoms with E-state index in [1.165, 1.54) is 6.07 Å². The maximum absolute atomic E-state index is 13.0. The maximum Gasteiger partial charge on any atom is 0.418 e. The van der Waals surface area contributed by atoms with Gasteiger partial charge in [0.15, 0.2) is 0 Å².